The molecule has 3 aliphatic rings. The lowest BCUT2D eigenvalue weighted by molar-refractivity contribution is -0.0964. The molecule has 1 aromatic heterocycles. The molecule has 0 saturated carbocycles. The van der Waals surface area contributed by atoms with Crippen molar-refractivity contribution in [2.75, 3.05) is 26.7 Å². The van der Waals surface area contributed by atoms with Crippen molar-refractivity contribution < 1.29 is 9.84 Å². The Balaban J connectivity index is 0.00000210. The Morgan fingerprint density at radius 3 is 2.41 bits per heavy atom. The Bertz CT molecular complexity index is 771. The maximum atomic E-state index is 11.6. The second kappa shape index (κ2) is 8.00. The van der Waals surface area contributed by atoms with Gasteiger partial charge in [-0.3, -0.25) is 9.88 Å². The van der Waals surface area contributed by atoms with E-state index in [0.717, 1.165) is 38.0 Å². The van der Waals surface area contributed by atoms with E-state index in [-0.39, 0.29) is 12.4 Å². The van der Waals surface area contributed by atoms with Gasteiger partial charge in [-0.25, -0.2) is 0 Å². The summed E-state index contributed by atoms with van der Waals surface area (Å²) in [5, 5.41) is 11.6. The average Bonchev–Trinajstić information content (AvgIpc) is 2.74. The van der Waals surface area contributed by atoms with Gasteiger partial charge in [0.2, 0.25) is 0 Å². The molecule has 5 heteroatoms. The molecule has 2 atom stereocenters. The highest BCUT2D eigenvalue weighted by Gasteiger charge is 2.46. The number of ether oxygens (including phenoxy) is 1. The van der Waals surface area contributed by atoms with Crippen LogP contribution in [0.5, 0.6) is 0 Å². The van der Waals surface area contributed by atoms with E-state index in [1.54, 1.807) is 19.5 Å². The minimum Gasteiger partial charge on any atom is -0.369 e. The van der Waals surface area contributed by atoms with Gasteiger partial charge in [0.1, 0.15) is 5.60 Å². The van der Waals surface area contributed by atoms with Gasteiger partial charge < -0.3 is 9.84 Å². The molecule has 4 heterocycles. The predicted molar refractivity (Wildman–Crippen MR) is 108 cm³/mol. The van der Waals surface area contributed by atoms with E-state index >= 15 is 0 Å². The number of halogens is 1. The SMILES string of the molecule is CO[C@]1(C#C[C@](O)(c2ccccc2)c2cccnc2)CN2CCC1CC2.Cl. The zero-order valence-corrected chi connectivity index (χ0v) is 16.3. The van der Waals surface area contributed by atoms with Crippen LogP contribution in [0.15, 0.2) is 54.9 Å². The van der Waals surface area contributed by atoms with Crippen LogP contribution in [0.1, 0.15) is 24.0 Å². The number of hydrogen-bond donors (Lipinski definition) is 1. The highest BCUT2D eigenvalue weighted by atomic mass is 35.5. The molecule has 1 aromatic carbocycles. The minimum atomic E-state index is -1.41. The summed E-state index contributed by atoms with van der Waals surface area (Å²) in [4.78, 5) is 6.59. The van der Waals surface area contributed by atoms with Crippen LogP contribution in [-0.4, -0.2) is 47.3 Å². The van der Waals surface area contributed by atoms with E-state index in [9.17, 15) is 5.11 Å². The predicted octanol–water partition coefficient (Wildman–Crippen LogP) is 2.85. The summed E-state index contributed by atoms with van der Waals surface area (Å²) in [5.41, 5.74) is -0.506. The molecule has 0 radical (unpaired) electrons. The minimum absolute atomic E-state index is 0. The van der Waals surface area contributed by atoms with E-state index in [1.165, 1.54) is 0 Å². The molecule has 1 N–H and O–H groups in total. The van der Waals surface area contributed by atoms with Crippen LogP contribution in [0.25, 0.3) is 0 Å². The van der Waals surface area contributed by atoms with Gasteiger partial charge in [0.05, 0.1) is 0 Å². The number of hydrogen-bond acceptors (Lipinski definition) is 4. The number of pyridine rings is 1. The molecule has 0 amide bonds. The summed E-state index contributed by atoms with van der Waals surface area (Å²) in [6.07, 6.45) is 5.57. The highest BCUT2D eigenvalue weighted by molar-refractivity contribution is 5.85. The first kappa shape index (κ1) is 19.9. The number of aliphatic hydroxyl groups is 1. The van der Waals surface area contributed by atoms with Gasteiger partial charge in [0, 0.05) is 43.1 Å². The lowest BCUT2D eigenvalue weighted by atomic mass is 9.75. The Kier molecular flexibility index (Phi) is 5.88. The summed E-state index contributed by atoms with van der Waals surface area (Å²) in [6, 6.07) is 13.3. The van der Waals surface area contributed by atoms with E-state index in [4.69, 9.17) is 4.74 Å². The lowest BCUT2D eigenvalue weighted by Gasteiger charge is -2.49. The number of aromatic nitrogens is 1. The standard InChI is InChI=1S/C22H24N2O2.ClH/c1-26-21(17-24-14-9-18(21)10-15-24)11-12-22(25,19-6-3-2-4-7-19)20-8-5-13-23-16-20;/h2-8,13,16,18,25H,9-10,14-15,17H2,1H3;1H/t21-,22+;/m1./s1. The summed E-state index contributed by atoms with van der Waals surface area (Å²) in [6.45, 7) is 3.03. The van der Waals surface area contributed by atoms with Crippen LogP contribution in [0.2, 0.25) is 0 Å². The third kappa shape index (κ3) is 3.61. The van der Waals surface area contributed by atoms with Crippen LogP contribution >= 0.6 is 12.4 Å². The number of nitrogens with zero attached hydrogens (tertiary/aromatic N) is 2. The van der Waals surface area contributed by atoms with Crippen molar-refractivity contribution in [2.45, 2.75) is 24.0 Å². The largest absolute Gasteiger partial charge is 0.369 e. The maximum absolute atomic E-state index is 11.6. The van der Waals surface area contributed by atoms with E-state index in [0.29, 0.717) is 11.5 Å². The van der Waals surface area contributed by atoms with Crippen LogP contribution < -0.4 is 0 Å². The zero-order chi connectivity index (χ0) is 18.0. The number of rotatable bonds is 3. The van der Waals surface area contributed by atoms with Gasteiger partial charge in [-0.15, -0.1) is 12.4 Å². The van der Waals surface area contributed by atoms with E-state index in [1.807, 2.05) is 42.5 Å². The van der Waals surface area contributed by atoms with Crippen molar-refractivity contribution in [1.82, 2.24) is 9.88 Å². The molecule has 3 fully saturated rings. The number of benzene rings is 1. The quantitative estimate of drug-likeness (QED) is 0.826. The number of methoxy groups -OCH3 is 1. The molecule has 2 bridgehead atoms. The van der Waals surface area contributed by atoms with Crippen molar-refractivity contribution in [3.8, 4) is 11.8 Å². The number of fused-ring (bicyclic) bond motifs is 3. The molecule has 0 unspecified atom stereocenters. The van der Waals surface area contributed by atoms with Crippen molar-refractivity contribution in [1.29, 1.82) is 0 Å². The van der Waals surface area contributed by atoms with Crippen LogP contribution in [-0.2, 0) is 10.3 Å². The molecule has 2 aromatic rings. The molecular weight excluding hydrogens is 360 g/mol. The summed E-state index contributed by atoms with van der Waals surface area (Å²) in [5.74, 6) is 6.97. The highest BCUT2D eigenvalue weighted by Crippen LogP contribution is 2.38. The Morgan fingerprint density at radius 2 is 1.85 bits per heavy atom. The normalized spacial score (nSPS) is 28.4. The molecule has 4 nitrogen and oxygen atoms in total. The molecule has 27 heavy (non-hydrogen) atoms. The molecule has 0 aliphatic carbocycles. The van der Waals surface area contributed by atoms with Crippen LogP contribution in [0.3, 0.4) is 0 Å². The monoisotopic (exact) mass is 384 g/mol. The summed E-state index contributed by atoms with van der Waals surface area (Å²) >= 11 is 0. The van der Waals surface area contributed by atoms with Crippen LogP contribution in [0, 0.1) is 17.8 Å². The third-order valence-corrected chi connectivity index (χ3v) is 5.80. The topological polar surface area (TPSA) is 45.6 Å². The van der Waals surface area contributed by atoms with E-state index in [2.05, 4.69) is 21.7 Å². The Labute approximate surface area is 167 Å². The van der Waals surface area contributed by atoms with Crippen molar-refractivity contribution in [3.05, 3.63) is 66.0 Å². The third-order valence-electron chi connectivity index (χ3n) is 5.80. The van der Waals surface area contributed by atoms with Gasteiger partial charge >= 0.3 is 0 Å². The van der Waals surface area contributed by atoms with Crippen molar-refractivity contribution in [2.24, 2.45) is 5.92 Å². The van der Waals surface area contributed by atoms with Crippen LogP contribution in [0.4, 0.5) is 0 Å². The number of piperidine rings is 3. The Hall–Kier alpha value is -1.90. The fraction of sp³-hybridized carbons (Fsp3) is 0.409. The zero-order valence-electron chi connectivity index (χ0n) is 15.5. The van der Waals surface area contributed by atoms with Crippen molar-refractivity contribution >= 4 is 12.4 Å². The molecule has 142 valence electrons. The lowest BCUT2D eigenvalue weighted by Crippen LogP contribution is -2.59. The Morgan fingerprint density at radius 1 is 1.15 bits per heavy atom. The summed E-state index contributed by atoms with van der Waals surface area (Å²) < 4.78 is 5.94. The molecule has 0 spiro atoms. The maximum Gasteiger partial charge on any atom is 0.178 e. The first-order valence-electron chi connectivity index (χ1n) is 9.16. The first-order valence-corrected chi connectivity index (χ1v) is 9.16. The first-order chi connectivity index (χ1) is 12.7. The van der Waals surface area contributed by atoms with Gasteiger partial charge in [0.15, 0.2) is 5.60 Å². The smallest absolute Gasteiger partial charge is 0.178 e. The fourth-order valence-corrected chi connectivity index (χ4v) is 4.21. The van der Waals surface area contributed by atoms with Gasteiger partial charge in [-0.05, 0) is 32.0 Å². The van der Waals surface area contributed by atoms with Gasteiger partial charge in [-0.2, -0.15) is 0 Å². The van der Waals surface area contributed by atoms with E-state index < -0.39 is 11.2 Å². The van der Waals surface area contributed by atoms with Crippen molar-refractivity contribution in [3.63, 3.8) is 0 Å². The fourth-order valence-electron chi connectivity index (χ4n) is 4.21. The molecule has 3 aliphatic heterocycles. The van der Waals surface area contributed by atoms with Gasteiger partial charge in [-0.1, -0.05) is 48.2 Å². The molecule has 3 saturated heterocycles. The second-order valence-electron chi connectivity index (χ2n) is 7.21. The second-order valence-corrected chi connectivity index (χ2v) is 7.21. The summed E-state index contributed by atoms with van der Waals surface area (Å²) in [7, 11) is 1.74. The average molecular weight is 385 g/mol. The molecule has 5 rings (SSSR count). The molecular formula is C22H25ClN2O2. The van der Waals surface area contributed by atoms with Gasteiger partial charge in [0.25, 0.3) is 0 Å².